The molecule has 4 bridgehead atoms. The maximum absolute atomic E-state index is 6.15. The Hall–Kier alpha value is -0.820. The van der Waals surface area contributed by atoms with Crippen molar-refractivity contribution >= 4 is 0 Å². The third-order valence-electron chi connectivity index (χ3n) is 7.47. The van der Waals surface area contributed by atoms with E-state index in [1.807, 2.05) is 7.11 Å². The zero-order valence-corrected chi connectivity index (χ0v) is 13.8. The average molecular weight is 296 g/mol. The van der Waals surface area contributed by atoms with Gasteiger partial charge in [-0.3, -0.25) is 0 Å². The predicted octanol–water partition coefficient (Wildman–Crippen LogP) is 5.17. The minimum Gasteiger partial charge on any atom is -0.378 e. The van der Waals surface area contributed by atoms with Crippen LogP contribution in [0.25, 0.3) is 0 Å². The summed E-state index contributed by atoms with van der Waals surface area (Å²) in [6.45, 7) is 0. The number of benzene rings is 1. The Morgan fingerprint density at radius 3 is 2.05 bits per heavy atom. The van der Waals surface area contributed by atoms with E-state index in [0.717, 1.165) is 17.8 Å². The lowest BCUT2D eigenvalue weighted by Gasteiger charge is -2.57. The SMILES string of the molecule is COC1(CC23CC4CC(CC(C4)C2)C3)CC1c1ccccc1. The number of ether oxygens (including phenoxy) is 1. The topological polar surface area (TPSA) is 9.23 Å². The van der Waals surface area contributed by atoms with Crippen LogP contribution < -0.4 is 0 Å². The Morgan fingerprint density at radius 1 is 0.909 bits per heavy atom. The van der Waals surface area contributed by atoms with E-state index in [0.29, 0.717) is 11.3 Å². The van der Waals surface area contributed by atoms with Crippen LogP contribution in [0.3, 0.4) is 0 Å². The van der Waals surface area contributed by atoms with Gasteiger partial charge in [-0.2, -0.15) is 0 Å². The number of hydrogen-bond donors (Lipinski definition) is 0. The highest BCUT2D eigenvalue weighted by Gasteiger charge is 2.61. The third-order valence-corrected chi connectivity index (χ3v) is 7.47. The van der Waals surface area contributed by atoms with Crippen LogP contribution in [0.1, 0.15) is 62.8 Å². The highest BCUT2D eigenvalue weighted by molar-refractivity contribution is 5.32. The molecular formula is C21H28O. The summed E-state index contributed by atoms with van der Waals surface area (Å²) in [5.41, 5.74) is 2.29. The molecule has 6 rings (SSSR count). The van der Waals surface area contributed by atoms with Crippen molar-refractivity contribution in [3.8, 4) is 0 Å². The molecule has 0 N–H and O–H groups in total. The molecule has 22 heavy (non-hydrogen) atoms. The number of hydrogen-bond acceptors (Lipinski definition) is 1. The highest BCUT2D eigenvalue weighted by Crippen LogP contribution is 2.67. The summed E-state index contributed by atoms with van der Waals surface area (Å²) in [6, 6.07) is 11.1. The van der Waals surface area contributed by atoms with E-state index < -0.39 is 0 Å². The largest absolute Gasteiger partial charge is 0.378 e. The van der Waals surface area contributed by atoms with Crippen molar-refractivity contribution in [2.24, 2.45) is 23.2 Å². The molecule has 0 aromatic heterocycles. The predicted molar refractivity (Wildman–Crippen MR) is 88.8 cm³/mol. The van der Waals surface area contributed by atoms with E-state index in [1.165, 1.54) is 37.7 Å². The molecule has 1 nitrogen and oxygen atoms in total. The molecule has 0 heterocycles. The van der Waals surface area contributed by atoms with Gasteiger partial charge in [0.2, 0.25) is 0 Å². The van der Waals surface area contributed by atoms with E-state index in [9.17, 15) is 0 Å². The molecule has 1 heteroatoms. The molecule has 5 aliphatic rings. The second-order valence-electron chi connectivity index (χ2n) is 9.03. The maximum atomic E-state index is 6.15. The van der Waals surface area contributed by atoms with Crippen LogP contribution in [0.5, 0.6) is 0 Å². The number of methoxy groups -OCH3 is 1. The molecule has 0 saturated heterocycles. The van der Waals surface area contributed by atoms with E-state index >= 15 is 0 Å². The molecule has 2 unspecified atom stereocenters. The lowest BCUT2D eigenvalue weighted by atomic mass is 9.48. The van der Waals surface area contributed by atoms with Crippen molar-refractivity contribution in [2.45, 2.75) is 62.9 Å². The van der Waals surface area contributed by atoms with Gasteiger partial charge < -0.3 is 4.74 Å². The van der Waals surface area contributed by atoms with Crippen LogP contribution in [0.15, 0.2) is 30.3 Å². The van der Waals surface area contributed by atoms with Crippen LogP contribution >= 0.6 is 0 Å². The summed E-state index contributed by atoms with van der Waals surface area (Å²) >= 11 is 0. The Kier molecular flexibility index (Phi) is 2.84. The molecule has 1 aromatic carbocycles. The Morgan fingerprint density at radius 2 is 1.50 bits per heavy atom. The fraction of sp³-hybridized carbons (Fsp3) is 0.714. The summed E-state index contributed by atoms with van der Waals surface area (Å²) in [6.07, 6.45) is 11.7. The van der Waals surface area contributed by atoms with E-state index in [4.69, 9.17) is 4.74 Å². The van der Waals surface area contributed by atoms with Gasteiger partial charge in [0.1, 0.15) is 0 Å². The van der Waals surface area contributed by atoms with Gasteiger partial charge in [-0.15, -0.1) is 0 Å². The van der Waals surface area contributed by atoms with Crippen molar-refractivity contribution < 1.29 is 4.74 Å². The van der Waals surface area contributed by atoms with Gasteiger partial charge in [0.25, 0.3) is 0 Å². The van der Waals surface area contributed by atoms with E-state index in [-0.39, 0.29) is 5.60 Å². The Balaban J connectivity index is 1.39. The fourth-order valence-electron chi connectivity index (χ4n) is 7.03. The van der Waals surface area contributed by atoms with Gasteiger partial charge in [0, 0.05) is 13.0 Å². The quantitative estimate of drug-likeness (QED) is 0.745. The van der Waals surface area contributed by atoms with Crippen molar-refractivity contribution in [2.75, 3.05) is 7.11 Å². The lowest BCUT2D eigenvalue weighted by Crippen LogP contribution is -2.48. The second-order valence-corrected chi connectivity index (χ2v) is 9.03. The van der Waals surface area contributed by atoms with Crippen molar-refractivity contribution in [1.29, 1.82) is 0 Å². The minimum atomic E-state index is 0.160. The first-order chi connectivity index (χ1) is 10.7. The molecule has 5 aliphatic carbocycles. The normalized spacial score (nSPS) is 48.6. The van der Waals surface area contributed by atoms with E-state index in [2.05, 4.69) is 30.3 Å². The first kappa shape index (κ1) is 13.6. The maximum Gasteiger partial charge on any atom is 0.0760 e. The Bertz CT molecular complexity index is 527. The van der Waals surface area contributed by atoms with Crippen molar-refractivity contribution in [3.63, 3.8) is 0 Å². The van der Waals surface area contributed by atoms with Gasteiger partial charge in [-0.25, -0.2) is 0 Å². The first-order valence-electron chi connectivity index (χ1n) is 9.30. The van der Waals surface area contributed by atoms with Gasteiger partial charge in [-0.05, 0) is 80.1 Å². The highest BCUT2D eigenvalue weighted by atomic mass is 16.5. The summed E-state index contributed by atoms with van der Waals surface area (Å²) in [7, 11) is 1.96. The average Bonchev–Trinajstić information content (AvgIpc) is 3.21. The molecule has 1 aromatic rings. The van der Waals surface area contributed by atoms with Crippen LogP contribution in [-0.4, -0.2) is 12.7 Å². The van der Waals surface area contributed by atoms with Crippen LogP contribution in [0.2, 0.25) is 0 Å². The molecular weight excluding hydrogens is 268 g/mol. The molecule has 0 spiro atoms. The van der Waals surface area contributed by atoms with Crippen molar-refractivity contribution in [3.05, 3.63) is 35.9 Å². The molecule has 2 atom stereocenters. The van der Waals surface area contributed by atoms with Gasteiger partial charge in [0.05, 0.1) is 5.60 Å². The second kappa shape index (κ2) is 4.60. The fourth-order valence-corrected chi connectivity index (χ4v) is 7.03. The smallest absolute Gasteiger partial charge is 0.0760 e. The van der Waals surface area contributed by atoms with Gasteiger partial charge in [-0.1, -0.05) is 30.3 Å². The van der Waals surface area contributed by atoms with Crippen LogP contribution in [0, 0.1) is 23.2 Å². The zero-order valence-electron chi connectivity index (χ0n) is 13.8. The third kappa shape index (κ3) is 2.01. The number of rotatable bonds is 4. The zero-order chi connectivity index (χ0) is 14.8. The monoisotopic (exact) mass is 296 g/mol. The Labute approximate surface area is 134 Å². The van der Waals surface area contributed by atoms with Crippen molar-refractivity contribution in [1.82, 2.24) is 0 Å². The standard InChI is InChI=1S/C21H28O/c1-22-21(13-19(21)18-5-3-2-4-6-18)14-20-10-15-7-16(11-20)9-17(8-15)12-20/h2-6,15-17,19H,7-14H2,1H3. The molecule has 0 aliphatic heterocycles. The van der Waals surface area contributed by atoms with E-state index in [1.54, 1.807) is 19.3 Å². The molecule has 5 saturated carbocycles. The van der Waals surface area contributed by atoms with Gasteiger partial charge in [0.15, 0.2) is 0 Å². The summed E-state index contributed by atoms with van der Waals surface area (Å²) in [5, 5.41) is 0. The molecule has 0 amide bonds. The molecule has 0 radical (unpaired) electrons. The van der Waals surface area contributed by atoms with Crippen LogP contribution in [-0.2, 0) is 4.74 Å². The summed E-state index contributed by atoms with van der Waals surface area (Å²) < 4.78 is 6.15. The summed E-state index contributed by atoms with van der Waals surface area (Å²) in [4.78, 5) is 0. The van der Waals surface area contributed by atoms with Crippen LogP contribution in [0.4, 0.5) is 0 Å². The molecule has 118 valence electrons. The minimum absolute atomic E-state index is 0.160. The van der Waals surface area contributed by atoms with Gasteiger partial charge >= 0.3 is 0 Å². The first-order valence-corrected chi connectivity index (χ1v) is 9.30. The lowest BCUT2D eigenvalue weighted by molar-refractivity contribution is -0.0884. The summed E-state index contributed by atoms with van der Waals surface area (Å²) in [5.74, 6) is 3.80. The molecule has 5 fully saturated rings.